The fourth-order valence-electron chi connectivity index (χ4n) is 2.37. The molecule has 0 saturated carbocycles. The first-order chi connectivity index (χ1) is 8.58. The Labute approximate surface area is 108 Å². The summed E-state index contributed by atoms with van der Waals surface area (Å²) in [4.78, 5) is 13.9. The van der Waals surface area contributed by atoms with E-state index in [1.807, 2.05) is 29.7 Å². The van der Waals surface area contributed by atoms with E-state index in [1.165, 1.54) is 6.42 Å². The zero-order chi connectivity index (χ0) is 13.1. The second kappa shape index (κ2) is 5.42. The number of aryl methyl sites for hydroxylation is 1. The van der Waals surface area contributed by atoms with E-state index in [0.29, 0.717) is 12.5 Å². The lowest BCUT2D eigenvalue weighted by molar-refractivity contribution is 0.169. The van der Waals surface area contributed by atoms with Crippen molar-refractivity contribution in [1.82, 2.24) is 20.0 Å². The molecule has 100 valence electrons. The third-order valence-electron chi connectivity index (χ3n) is 3.71. The van der Waals surface area contributed by atoms with Gasteiger partial charge in [0.1, 0.15) is 0 Å². The molecule has 0 aromatic carbocycles. The highest BCUT2D eigenvalue weighted by Crippen LogP contribution is 2.15. The molecule has 1 N–H and O–H groups in total. The highest BCUT2D eigenvalue weighted by atomic mass is 16.2. The summed E-state index contributed by atoms with van der Waals surface area (Å²) in [6.07, 6.45) is 4.15. The standard InChI is InChI=1S/C13H22N4O/c1-10-5-4-6-17(9-10)13(18)14-7-12-8-15-16(3)11(12)2/h8,10H,4-7,9H2,1-3H3,(H,14,18). The van der Waals surface area contributed by atoms with Crippen LogP contribution in [0.25, 0.3) is 0 Å². The van der Waals surface area contributed by atoms with Crippen LogP contribution in [0, 0.1) is 12.8 Å². The lowest BCUT2D eigenvalue weighted by atomic mass is 10.0. The van der Waals surface area contributed by atoms with Gasteiger partial charge in [0.25, 0.3) is 0 Å². The third kappa shape index (κ3) is 2.83. The van der Waals surface area contributed by atoms with Gasteiger partial charge in [0.15, 0.2) is 0 Å². The maximum Gasteiger partial charge on any atom is 0.317 e. The molecule has 2 amide bonds. The van der Waals surface area contributed by atoms with Gasteiger partial charge in [0.2, 0.25) is 0 Å². The lowest BCUT2D eigenvalue weighted by Gasteiger charge is -2.30. The first kappa shape index (κ1) is 12.9. The van der Waals surface area contributed by atoms with E-state index in [0.717, 1.165) is 30.8 Å². The van der Waals surface area contributed by atoms with Gasteiger partial charge >= 0.3 is 6.03 Å². The minimum atomic E-state index is 0.0461. The number of amides is 2. The van der Waals surface area contributed by atoms with E-state index >= 15 is 0 Å². The molecule has 5 heteroatoms. The largest absolute Gasteiger partial charge is 0.334 e. The van der Waals surface area contributed by atoms with Gasteiger partial charge < -0.3 is 10.2 Å². The number of rotatable bonds is 2. The molecule has 2 heterocycles. The molecule has 1 aromatic rings. The average Bonchev–Trinajstić information content (AvgIpc) is 2.67. The first-order valence-electron chi connectivity index (χ1n) is 6.58. The predicted octanol–water partition coefficient (Wildman–Crippen LogP) is 1.67. The van der Waals surface area contributed by atoms with Crippen LogP contribution in [-0.2, 0) is 13.6 Å². The maximum absolute atomic E-state index is 12.0. The average molecular weight is 250 g/mol. The third-order valence-corrected chi connectivity index (χ3v) is 3.71. The molecular weight excluding hydrogens is 228 g/mol. The summed E-state index contributed by atoms with van der Waals surface area (Å²) in [7, 11) is 1.91. The first-order valence-corrected chi connectivity index (χ1v) is 6.58. The highest BCUT2D eigenvalue weighted by Gasteiger charge is 2.20. The Balaban J connectivity index is 1.86. The summed E-state index contributed by atoms with van der Waals surface area (Å²) in [5.41, 5.74) is 2.18. The molecule has 1 atom stereocenters. The zero-order valence-corrected chi connectivity index (χ0v) is 11.4. The molecule has 1 aliphatic heterocycles. The number of piperidine rings is 1. The molecule has 1 saturated heterocycles. The second-order valence-corrected chi connectivity index (χ2v) is 5.23. The van der Waals surface area contributed by atoms with Gasteiger partial charge in [0.05, 0.1) is 6.20 Å². The minimum absolute atomic E-state index is 0.0461. The predicted molar refractivity (Wildman–Crippen MR) is 70.2 cm³/mol. The minimum Gasteiger partial charge on any atom is -0.334 e. The molecule has 18 heavy (non-hydrogen) atoms. The van der Waals surface area contributed by atoms with Gasteiger partial charge in [-0.05, 0) is 25.7 Å². The maximum atomic E-state index is 12.0. The van der Waals surface area contributed by atoms with E-state index in [2.05, 4.69) is 17.3 Å². The number of hydrogen-bond donors (Lipinski definition) is 1. The monoisotopic (exact) mass is 250 g/mol. The number of urea groups is 1. The van der Waals surface area contributed by atoms with Crippen molar-refractivity contribution in [2.24, 2.45) is 13.0 Å². The summed E-state index contributed by atoms with van der Waals surface area (Å²) in [5, 5.41) is 7.15. The summed E-state index contributed by atoms with van der Waals surface area (Å²) < 4.78 is 1.82. The van der Waals surface area contributed by atoms with E-state index in [1.54, 1.807) is 0 Å². The van der Waals surface area contributed by atoms with Crippen molar-refractivity contribution in [3.63, 3.8) is 0 Å². The Kier molecular flexibility index (Phi) is 3.89. The zero-order valence-electron chi connectivity index (χ0n) is 11.4. The van der Waals surface area contributed by atoms with Crippen LogP contribution in [-0.4, -0.2) is 33.8 Å². The fourth-order valence-corrected chi connectivity index (χ4v) is 2.37. The Morgan fingerprint density at radius 3 is 3.00 bits per heavy atom. The van der Waals surface area contributed by atoms with Gasteiger partial charge in [-0.2, -0.15) is 5.10 Å². The molecule has 0 spiro atoms. The van der Waals surface area contributed by atoms with Gasteiger partial charge in [-0.25, -0.2) is 4.79 Å². The van der Waals surface area contributed by atoms with Crippen LogP contribution in [0.15, 0.2) is 6.20 Å². The number of nitrogens with zero attached hydrogens (tertiary/aromatic N) is 3. The van der Waals surface area contributed by atoms with E-state index in [-0.39, 0.29) is 6.03 Å². The molecule has 5 nitrogen and oxygen atoms in total. The Morgan fingerprint density at radius 1 is 1.61 bits per heavy atom. The van der Waals surface area contributed by atoms with Crippen LogP contribution in [0.5, 0.6) is 0 Å². The Hall–Kier alpha value is -1.52. The quantitative estimate of drug-likeness (QED) is 0.868. The summed E-state index contributed by atoms with van der Waals surface area (Å²) in [5.74, 6) is 0.615. The number of aromatic nitrogens is 2. The van der Waals surface area contributed by atoms with Crippen LogP contribution in [0.2, 0.25) is 0 Å². The van der Waals surface area contributed by atoms with Crippen molar-refractivity contribution >= 4 is 6.03 Å². The molecule has 0 radical (unpaired) electrons. The number of carbonyl (C=O) groups excluding carboxylic acids is 1. The van der Waals surface area contributed by atoms with Crippen LogP contribution < -0.4 is 5.32 Å². The summed E-state index contributed by atoms with van der Waals surface area (Å²) in [6.45, 7) is 6.52. The summed E-state index contributed by atoms with van der Waals surface area (Å²) >= 11 is 0. The normalized spacial score (nSPS) is 19.9. The van der Waals surface area contributed by atoms with Crippen LogP contribution in [0.3, 0.4) is 0 Å². The van der Waals surface area contributed by atoms with Crippen molar-refractivity contribution in [3.8, 4) is 0 Å². The number of hydrogen-bond acceptors (Lipinski definition) is 2. The summed E-state index contributed by atoms with van der Waals surface area (Å²) in [6, 6.07) is 0.0461. The SMILES string of the molecule is Cc1c(CNC(=O)N2CCCC(C)C2)cnn1C. The molecule has 1 fully saturated rings. The van der Waals surface area contributed by atoms with E-state index in [9.17, 15) is 4.79 Å². The van der Waals surface area contributed by atoms with Gasteiger partial charge in [-0.3, -0.25) is 4.68 Å². The van der Waals surface area contributed by atoms with Crippen LogP contribution in [0.1, 0.15) is 31.0 Å². The molecular formula is C13H22N4O. The molecule has 0 aliphatic carbocycles. The Bertz CT molecular complexity index is 427. The molecule has 2 rings (SSSR count). The number of likely N-dealkylation sites (tertiary alicyclic amines) is 1. The fraction of sp³-hybridized carbons (Fsp3) is 0.692. The Morgan fingerprint density at radius 2 is 2.39 bits per heavy atom. The van der Waals surface area contributed by atoms with Gasteiger partial charge in [0, 0.05) is 37.9 Å². The van der Waals surface area contributed by atoms with Crippen molar-refractivity contribution in [2.45, 2.75) is 33.2 Å². The van der Waals surface area contributed by atoms with Crippen LogP contribution in [0.4, 0.5) is 4.79 Å². The van der Waals surface area contributed by atoms with Crippen molar-refractivity contribution in [2.75, 3.05) is 13.1 Å². The topological polar surface area (TPSA) is 50.2 Å². The van der Waals surface area contributed by atoms with E-state index < -0.39 is 0 Å². The van der Waals surface area contributed by atoms with Crippen molar-refractivity contribution in [1.29, 1.82) is 0 Å². The second-order valence-electron chi connectivity index (χ2n) is 5.23. The lowest BCUT2D eigenvalue weighted by Crippen LogP contribution is -2.44. The number of nitrogens with one attached hydrogen (secondary N) is 1. The van der Waals surface area contributed by atoms with Gasteiger partial charge in [-0.15, -0.1) is 0 Å². The van der Waals surface area contributed by atoms with Crippen molar-refractivity contribution in [3.05, 3.63) is 17.5 Å². The highest BCUT2D eigenvalue weighted by molar-refractivity contribution is 5.74. The molecule has 1 unspecified atom stereocenters. The molecule has 0 bridgehead atoms. The van der Waals surface area contributed by atoms with E-state index in [4.69, 9.17) is 0 Å². The van der Waals surface area contributed by atoms with Crippen LogP contribution >= 0.6 is 0 Å². The number of carbonyl (C=O) groups is 1. The smallest absolute Gasteiger partial charge is 0.317 e. The van der Waals surface area contributed by atoms with Crippen molar-refractivity contribution < 1.29 is 4.79 Å². The van der Waals surface area contributed by atoms with Gasteiger partial charge in [-0.1, -0.05) is 6.92 Å². The molecule has 1 aliphatic rings. The molecule has 1 aromatic heterocycles.